The number of hydrogen-bond donors (Lipinski definition) is 3. The number of H-pyrrole nitrogens is 1. The third-order valence-corrected chi connectivity index (χ3v) is 3.13. The number of nitrogens with one attached hydrogen (secondary N) is 2. The zero-order valence-corrected chi connectivity index (χ0v) is 10.8. The van der Waals surface area contributed by atoms with E-state index >= 15 is 0 Å². The van der Waals surface area contributed by atoms with Crippen molar-refractivity contribution in [3.05, 3.63) is 33.8 Å². The second-order valence-electron chi connectivity index (χ2n) is 3.61. The van der Waals surface area contributed by atoms with Gasteiger partial charge in [-0.1, -0.05) is 11.8 Å². The number of aromatic nitrogens is 3. The maximum atomic E-state index is 11.6. The first kappa shape index (κ1) is 13.3. The van der Waals surface area contributed by atoms with Crippen molar-refractivity contribution in [1.82, 2.24) is 20.7 Å². The normalized spacial score (nSPS) is 9.74. The Morgan fingerprint density at radius 1 is 1.58 bits per heavy atom. The number of carbonyl (C=O) groups is 1. The molecule has 0 spiro atoms. The van der Waals surface area contributed by atoms with Crippen molar-refractivity contribution in [1.29, 1.82) is 0 Å². The summed E-state index contributed by atoms with van der Waals surface area (Å²) in [5, 5.41) is 22.9. The average molecular weight is 276 g/mol. The molecule has 7 heteroatoms. The minimum absolute atomic E-state index is 0.0672. The fourth-order valence-corrected chi connectivity index (χ4v) is 2.08. The van der Waals surface area contributed by atoms with E-state index in [1.165, 1.54) is 17.5 Å². The van der Waals surface area contributed by atoms with Crippen molar-refractivity contribution in [3.8, 4) is 11.8 Å². The van der Waals surface area contributed by atoms with Crippen LogP contribution in [0.4, 0.5) is 0 Å². The minimum atomic E-state index is -0.268. The third kappa shape index (κ3) is 3.91. The molecule has 0 fully saturated rings. The molecule has 0 atom stereocenters. The molecule has 2 aromatic heterocycles. The smallest absolute Gasteiger partial charge is 0.273 e. The second kappa shape index (κ2) is 6.68. The summed E-state index contributed by atoms with van der Waals surface area (Å²) in [6, 6.07) is 1.91. The predicted molar refractivity (Wildman–Crippen MR) is 70.5 cm³/mol. The van der Waals surface area contributed by atoms with Gasteiger partial charge in [0.15, 0.2) is 5.69 Å². The van der Waals surface area contributed by atoms with Gasteiger partial charge in [-0.05, 0) is 6.07 Å². The van der Waals surface area contributed by atoms with Crippen LogP contribution in [0.5, 0.6) is 0 Å². The fourth-order valence-electron chi connectivity index (χ4n) is 1.33. The maximum Gasteiger partial charge on any atom is 0.273 e. The van der Waals surface area contributed by atoms with Crippen molar-refractivity contribution >= 4 is 17.2 Å². The lowest BCUT2D eigenvalue weighted by Crippen LogP contribution is -2.22. The highest BCUT2D eigenvalue weighted by Gasteiger charge is 2.08. The van der Waals surface area contributed by atoms with Gasteiger partial charge in [-0.3, -0.25) is 4.79 Å². The average Bonchev–Trinajstić information content (AvgIpc) is 3.08. The highest BCUT2D eigenvalue weighted by molar-refractivity contribution is 7.10. The summed E-state index contributed by atoms with van der Waals surface area (Å²) in [5.74, 6) is 5.52. The Morgan fingerprint density at radius 2 is 2.47 bits per heavy atom. The third-order valence-electron chi connectivity index (χ3n) is 2.19. The molecule has 0 saturated heterocycles. The number of carbonyl (C=O) groups excluding carboxylic acids is 1. The Morgan fingerprint density at radius 3 is 3.21 bits per heavy atom. The van der Waals surface area contributed by atoms with Crippen molar-refractivity contribution in [2.24, 2.45) is 0 Å². The zero-order chi connectivity index (χ0) is 13.5. The summed E-state index contributed by atoms with van der Waals surface area (Å²) in [7, 11) is 0. The zero-order valence-electron chi connectivity index (χ0n) is 10.0. The van der Waals surface area contributed by atoms with Crippen LogP contribution in [0.3, 0.4) is 0 Å². The van der Waals surface area contributed by atoms with E-state index in [0.717, 1.165) is 10.4 Å². The molecule has 0 aliphatic rings. The van der Waals surface area contributed by atoms with E-state index in [9.17, 15) is 4.79 Å². The lowest BCUT2D eigenvalue weighted by Gasteiger charge is -1.99. The van der Waals surface area contributed by atoms with Crippen LogP contribution in [0.25, 0.3) is 0 Å². The molecule has 1 amide bonds. The fraction of sp³-hybridized carbons (Fsp3) is 0.250. The van der Waals surface area contributed by atoms with Crippen LogP contribution in [0.15, 0.2) is 17.6 Å². The summed E-state index contributed by atoms with van der Waals surface area (Å²) < 4.78 is 0. The van der Waals surface area contributed by atoms with E-state index in [4.69, 9.17) is 5.11 Å². The van der Waals surface area contributed by atoms with Gasteiger partial charge >= 0.3 is 0 Å². The molecule has 0 unspecified atom stereocenters. The Bertz CT molecular complexity index is 595. The van der Waals surface area contributed by atoms with Crippen molar-refractivity contribution in [2.75, 3.05) is 6.61 Å². The topological polar surface area (TPSA) is 90.9 Å². The van der Waals surface area contributed by atoms with E-state index in [1.807, 2.05) is 11.4 Å². The van der Waals surface area contributed by atoms with E-state index in [1.54, 1.807) is 0 Å². The molecule has 0 radical (unpaired) electrons. The van der Waals surface area contributed by atoms with Gasteiger partial charge in [-0.15, -0.1) is 11.3 Å². The van der Waals surface area contributed by atoms with Crippen LogP contribution in [-0.4, -0.2) is 33.0 Å². The largest absolute Gasteiger partial charge is 0.395 e. The number of aromatic amines is 1. The molecule has 2 aromatic rings. The first-order valence-electron chi connectivity index (χ1n) is 5.60. The van der Waals surface area contributed by atoms with Gasteiger partial charge in [0, 0.05) is 22.2 Å². The molecule has 98 valence electrons. The van der Waals surface area contributed by atoms with Crippen molar-refractivity contribution in [3.63, 3.8) is 0 Å². The van der Waals surface area contributed by atoms with Crippen LogP contribution < -0.4 is 5.32 Å². The molecule has 19 heavy (non-hydrogen) atoms. The summed E-state index contributed by atoms with van der Waals surface area (Å²) in [4.78, 5) is 12.6. The Balaban J connectivity index is 1.87. The highest BCUT2D eigenvalue weighted by Crippen LogP contribution is 2.13. The summed E-state index contributed by atoms with van der Waals surface area (Å²) >= 11 is 1.52. The van der Waals surface area contributed by atoms with Gasteiger partial charge in [-0.2, -0.15) is 15.4 Å². The number of aliphatic hydroxyl groups is 1. The number of aliphatic hydroxyl groups excluding tert-OH is 1. The molecule has 6 nitrogen and oxygen atoms in total. The first-order chi connectivity index (χ1) is 9.29. The van der Waals surface area contributed by atoms with Crippen LogP contribution in [0, 0.1) is 11.8 Å². The SMILES string of the molecule is O=C(NCc1cc(C#CCCO)cs1)c1cn[nH]n1. The quantitative estimate of drug-likeness (QED) is 0.710. The summed E-state index contributed by atoms with van der Waals surface area (Å²) in [6.45, 7) is 0.496. The Labute approximate surface area is 113 Å². The molecular weight excluding hydrogens is 264 g/mol. The van der Waals surface area contributed by atoms with E-state index in [0.29, 0.717) is 13.0 Å². The molecule has 2 rings (SSSR count). The molecule has 3 N–H and O–H groups in total. The first-order valence-corrected chi connectivity index (χ1v) is 6.48. The van der Waals surface area contributed by atoms with Gasteiger partial charge in [0.05, 0.1) is 19.3 Å². The van der Waals surface area contributed by atoms with Crippen LogP contribution in [0.2, 0.25) is 0 Å². The molecule has 0 bridgehead atoms. The van der Waals surface area contributed by atoms with Crippen LogP contribution in [0.1, 0.15) is 27.3 Å². The summed E-state index contributed by atoms with van der Waals surface area (Å²) in [6.07, 6.45) is 1.84. The number of rotatable bonds is 4. The molecule has 2 heterocycles. The molecule has 0 aromatic carbocycles. The summed E-state index contributed by atoms with van der Waals surface area (Å²) in [5.41, 5.74) is 1.16. The predicted octanol–water partition coefficient (Wildman–Crippen LogP) is 0.530. The van der Waals surface area contributed by atoms with Crippen LogP contribution in [-0.2, 0) is 6.54 Å². The second-order valence-corrected chi connectivity index (χ2v) is 4.61. The maximum absolute atomic E-state index is 11.6. The lowest BCUT2D eigenvalue weighted by molar-refractivity contribution is 0.0946. The number of hydrogen-bond acceptors (Lipinski definition) is 5. The monoisotopic (exact) mass is 276 g/mol. The number of nitrogens with zero attached hydrogens (tertiary/aromatic N) is 2. The Hall–Kier alpha value is -2.17. The van der Waals surface area contributed by atoms with Gasteiger partial charge < -0.3 is 10.4 Å². The Kier molecular flexibility index (Phi) is 4.66. The molecular formula is C12H12N4O2S. The number of thiophene rings is 1. The van der Waals surface area contributed by atoms with Gasteiger partial charge in [0.2, 0.25) is 0 Å². The van der Waals surface area contributed by atoms with E-state index < -0.39 is 0 Å². The standard InChI is InChI=1S/C12H12N4O2S/c17-4-2-1-3-9-5-10(19-8-9)6-13-12(18)11-7-14-16-15-11/h5,7-8,17H,2,4,6H2,(H,13,18)(H,14,15,16). The van der Waals surface area contributed by atoms with Gasteiger partial charge in [0.25, 0.3) is 5.91 Å². The van der Waals surface area contributed by atoms with Crippen molar-refractivity contribution < 1.29 is 9.90 Å². The minimum Gasteiger partial charge on any atom is -0.395 e. The van der Waals surface area contributed by atoms with Crippen molar-refractivity contribution in [2.45, 2.75) is 13.0 Å². The van der Waals surface area contributed by atoms with Gasteiger partial charge in [-0.25, -0.2) is 0 Å². The lowest BCUT2D eigenvalue weighted by atomic mass is 10.3. The van der Waals surface area contributed by atoms with Crippen LogP contribution >= 0.6 is 11.3 Å². The van der Waals surface area contributed by atoms with E-state index in [-0.39, 0.29) is 18.2 Å². The molecule has 0 aliphatic heterocycles. The molecule has 0 saturated carbocycles. The van der Waals surface area contributed by atoms with E-state index in [2.05, 4.69) is 32.6 Å². The van der Waals surface area contributed by atoms with Gasteiger partial charge in [0.1, 0.15) is 0 Å². The highest BCUT2D eigenvalue weighted by atomic mass is 32.1. The number of amides is 1. The molecule has 0 aliphatic carbocycles.